The van der Waals surface area contributed by atoms with Gasteiger partial charge in [0.05, 0.1) is 4.88 Å². The molecule has 0 aliphatic carbocycles. The van der Waals surface area contributed by atoms with Crippen molar-refractivity contribution in [1.29, 1.82) is 0 Å². The summed E-state index contributed by atoms with van der Waals surface area (Å²) < 4.78 is 7.67. The molecular weight excluding hydrogens is 382 g/mol. The quantitative estimate of drug-likeness (QED) is 0.493. The SMILES string of the molecule is Clc1cccc(-c2nc(CC3CCCn4c(-c5cccs5)nnc43)no2)c1. The third-order valence-electron chi connectivity index (χ3n) is 4.79. The van der Waals surface area contributed by atoms with Gasteiger partial charge in [0.2, 0.25) is 0 Å². The van der Waals surface area contributed by atoms with Crippen molar-refractivity contribution in [1.82, 2.24) is 24.9 Å². The first-order valence-corrected chi connectivity index (χ1v) is 10.1. The van der Waals surface area contributed by atoms with Crippen molar-refractivity contribution in [2.24, 2.45) is 0 Å². The van der Waals surface area contributed by atoms with E-state index in [1.807, 2.05) is 30.3 Å². The molecule has 0 radical (unpaired) electrons. The van der Waals surface area contributed by atoms with Crippen molar-refractivity contribution in [3.63, 3.8) is 0 Å². The van der Waals surface area contributed by atoms with Gasteiger partial charge in [0.15, 0.2) is 11.6 Å². The van der Waals surface area contributed by atoms with Crippen molar-refractivity contribution < 1.29 is 4.52 Å². The van der Waals surface area contributed by atoms with Gasteiger partial charge in [0.25, 0.3) is 5.89 Å². The van der Waals surface area contributed by atoms with Crippen LogP contribution in [0.5, 0.6) is 0 Å². The first kappa shape index (κ1) is 16.6. The Balaban J connectivity index is 1.40. The minimum Gasteiger partial charge on any atom is -0.334 e. The lowest BCUT2D eigenvalue weighted by Crippen LogP contribution is -2.18. The lowest BCUT2D eigenvalue weighted by Gasteiger charge is -2.22. The first-order valence-electron chi connectivity index (χ1n) is 8.83. The number of thiophene rings is 1. The van der Waals surface area contributed by atoms with Gasteiger partial charge in [-0.3, -0.25) is 0 Å². The molecule has 6 nitrogen and oxygen atoms in total. The fourth-order valence-corrected chi connectivity index (χ4v) is 4.45. The molecule has 0 amide bonds. The fraction of sp³-hybridized carbons (Fsp3) is 0.263. The number of rotatable bonds is 4. The number of halogens is 1. The smallest absolute Gasteiger partial charge is 0.257 e. The number of benzene rings is 1. The van der Waals surface area contributed by atoms with Gasteiger partial charge in [-0.25, -0.2) is 0 Å². The zero-order valence-electron chi connectivity index (χ0n) is 14.4. The van der Waals surface area contributed by atoms with Crippen molar-refractivity contribution in [2.45, 2.75) is 31.7 Å². The molecule has 8 heteroatoms. The van der Waals surface area contributed by atoms with Gasteiger partial charge in [0, 0.05) is 29.5 Å². The molecule has 0 N–H and O–H groups in total. The third kappa shape index (κ3) is 3.17. The molecule has 1 aliphatic heterocycles. The van der Waals surface area contributed by atoms with E-state index < -0.39 is 0 Å². The zero-order chi connectivity index (χ0) is 18.2. The Morgan fingerprint density at radius 3 is 3.04 bits per heavy atom. The summed E-state index contributed by atoms with van der Waals surface area (Å²) in [4.78, 5) is 5.70. The predicted octanol–water partition coefficient (Wildman–Crippen LogP) is 4.83. The summed E-state index contributed by atoms with van der Waals surface area (Å²) in [6, 6.07) is 11.6. The molecule has 1 unspecified atom stereocenters. The summed E-state index contributed by atoms with van der Waals surface area (Å²) in [6.45, 7) is 0.950. The van der Waals surface area contributed by atoms with E-state index in [0.717, 1.165) is 41.5 Å². The Morgan fingerprint density at radius 2 is 2.19 bits per heavy atom. The van der Waals surface area contributed by atoms with Crippen LogP contribution < -0.4 is 0 Å². The van der Waals surface area contributed by atoms with Crippen LogP contribution in [-0.4, -0.2) is 24.9 Å². The summed E-state index contributed by atoms with van der Waals surface area (Å²) in [7, 11) is 0. The van der Waals surface area contributed by atoms with Crippen LogP contribution in [0.1, 0.15) is 30.4 Å². The molecule has 1 atom stereocenters. The number of hydrogen-bond donors (Lipinski definition) is 0. The lowest BCUT2D eigenvalue weighted by molar-refractivity contribution is 0.404. The molecule has 4 heterocycles. The van der Waals surface area contributed by atoms with Gasteiger partial charge in [-0.1, -0.05) is 28.9 Å². The molecule has 136 valence electrons. The molecule has 0 saturated carbocycles. The number of nitrogens with zero attached hydrogens (tertiary/aromatic N) is 5. The van der Waals surface area contributed by atoms with Gasteiger partial charge in [-0.2, -0.15) is 4.98 Å². The highest BCUT2D eigenvalue weighted by molar-refractivity contribution is 7.13. The van der Waals surface area contributed by atoms with E-state index in [1.54, 1.807) is 11.3 Å². The zero-order valence-corrected chi connectivity index (χ0v) is 16.0. The van der Waals surface area contributed by atoms with Crippen LogP contribution in [0.15, 0.2) is 46.3 Å². The maximum absolute atomic E-state index is 6.05. The van der Waals surface area contributed by atoms with Crippen molar-refractivity contribution in [3.05, 3.63) is 58.4 Å². The predicted molar refractivity (Wildman–Crippen MR) is 104 cm³/mol. The molecule has 3 aromatic heterocycles. The van der Waals surface area contributed by atoms with Gasteiger partial charge >= 0.3 is 0 Å². The summed E-state index contributed by atoms with van der Waals surface area (Å²) in [5, 5.41) is 15.8. The second-order valence-corrected chi connectivity index (χ2v) is 7.96. The average Bonchev–Trinajstić information content (AvgIpc) is 3.42. The van der Waals surface area contributed by atoms with Crippen molar-refractivity contribution in [2.75, 3.05) is 0 Å². The number of aromatic nitrogens is 5. The standard InChI is InChI=1S/C19H16ClN5OS/c20-14-6-1-4-13(10-14)19-21-16(24-26-19)11-12-5-2-8-25-17(12)22-23-18(25)15-7-3-9-27-15/h1,3-4,6-7,9-10,12H,2,5,8,11H2. The van der Waals surface area contributed by atoms with Crippen LogP contribution in [0.4, 0.5) is 0 Å². The Hall–Kier alpha value is -2.51. The highest BCUT2D eigenvalue weighted by Crippen LogP contribution is 2.33. The van der Waals surface area contributed by atoms with E-state index in [2.05, 4.69) is 36.4 Å². The normalized spacial score (nSPS) is 16.4. The van der Waals surface area contributed by atoms with E-state index in [-0.39, 0.29) is 5.92 Å². The maximum Gasteiger partial charge on any atom is 0.257 e. The van der Waals surface area contributed by atoms with Gasteiger partial charge in [0.1, 0.15) is 5.82 Å². The molecule has 4 aromatic rings. The van der Waals surface area contributed by atoms with Crippen molar-refractivity contribution >= 4 is 22.9 Å². The molecule has 27 heavy (non-hydrogen) atoms. The molecule has 1 aliphatic rings. The highest BCUT2D eigenvalue weighted by atomic mass is 35.5. The van der Waals surface area contributed by atoms with E-state index in [9.17, 15) is 0 Å². The molecule has 0 fully saturated rings. The van der Waals surface area contributed by atoms with E-state index >= 15 is 0 Å². The molecule has 1 aromatic carbocycles. The fourth-order valence-electron chi connectivity index (χ4n) is 3.54. The number of hydrogen-bond acceptors (Lipinski definition) is 6. The van der Waals surface area contributed by atoms with Gasteiger partial charge in [-0.15, -0.1) is 21.5 Å². The van der Waals surface area contributed by atoms with Crippen LogP contribution in [-0.2, 0) is 13.0 Å². The highest BCUT2D eigenvalue weighted by Gasteiger charge is 2.27. The minimum absolute atomic E-state index is 0.241. The number of fused-ring (bicyclic) bond motifs is 1. The third-order valence-corrected chi connectivity index (χ3v) is 5.89. The molecular formula is C19H16ClN5OS. The summed E-state index contributed by atoms with van der Waals surface area (Å²) >= 11 is 7.74. The average molecular weight is 398 g/mol. The monoisotopic (exact) mass is 397 g/mol. The van der Waals surface area contributed by atoms with Crippen LogP contribution in [0.25, 0.3) is 22.2 Å². The Labute approximate surface area is 164 Å². The van der Waals surface area contributed by atoms with Crippen LogP contribution in [0.3, 0.4) is 0 Å². The topological polar surface area (TPSA) is 69.6 Å². The van der Waals surface area contributed by atoms with Gasteiger partial charge in [-0.05, 0) is 42.5 Å². The molecule has 5 rings (SSSR count). The minimum atomic E-state index is 0.241. The summed E-state index contributed by atoms with van der Waals surface area (Å²) in [5.41, 5.74) is 0.827. The van der Waals surface area contributed by atoms with Crippen molar-refractivity contribution in [3.8, 4) is 22.2 Å². The van der Waals surface area contributed by atoms with E-state index in [4.69, 9.17) is 16.1 Å². The van der Waals surface area contributed by atoms with E-state index in [0.29, 0.717) is 23.2 Å². The Morgan fingerprint density at radius 1 is 1.22 bits per heavy atom. The molecule has 0 bridgehead atoms. The van der Waals surface area contributed by atoms with Crippen LogP contribution in [0.2, 0.25) is 5.02 Å². The summed E-state index contributed by atoms with van der Waals surface area (Å²) in [6.07, 6.45) is 2.82. The second-order valence-electron chi connectivity index (χ2n) is 6.58. The summed E-state index contributed by atoms with van der Waals surface area (Å²) in [5.74, 6) is 3.38. The molecule has 0 spiro atoms. The maximum atomic E-state index is 6.05. The largest absolute Gasteiger partial charge is 0.334 e. The molecule has 0 saturated heterocycles. The van der Waals surface area contributed by atoms with Crippen LogP contribution in [0, 0.1) is 0 Å². The van der Waals surface area contributed by atoms with Gasteiger partial charge < -0.3 is 9.09 Å². The Bertz CT molecular complexity index is 1070. The van der Waals surface area contributed by atoms with Crippen LogP contribution >= 0.6 is 22.9 Å². The first-order chi connectivity index (χ1) is 13.3. The van der Waals surface area contributed by atoms with E-state index in [1.165, 1.54) is 0 Å². The lowest BCUT2D eigenvalue weighted by atomic mass is 9.95. The Kier molecular flexibility index (Phi) is 4.26. The second kappa shape index (κ2) is 6.90.